The van der Waals surface area contributed by atoms with Crippen LogP contribution in [-0.2, 0) is 4.79 Å². The molecule has 0 saturated carbocycles. The lowest BCUT2D eigenvalue weighted by molar-refractivity contribution is -0.121. The van der Waals surface area contributed by atoms with Crippen LogP contribution in [0.4, 0.5) is 5.82 Å². The molecule has 0 fully saturated rings. The number of aromatic nitrogens is 3. The number of aryl methyl sites for hydroxylation is 1. The van der Waals surface area contributed by atoms with Gasteiger partial charge < -0.3 is 10.6 Å². The molecule has 1 atom stereocenters. The monoisotopic (exact) mass is 275 g/mol. The Balaban J connectivity index is 1.91. The minimum Gasteiger partial charge on any atom is -0.368 e. The van der Waals surface area contributed by atoms with Gasteiger partial charge in [-0.2, -0.15) is 5.10 Å². The van der Waals surface area contributed by atoms with E-state index in [1.165, 1.54) is 0 Å². The highest BCUT2D eigenvalue weighted by Gasteiger charge is 2.07. The molecule has 1 unspecified atom stereocenters. The van der Waals surface area contributed by atoms with Crippen molar-refractivity contribution in [2.75, 3.05) is 11.9 Å². The van der Waals surface area contributed by atoms with Crippen LogP contribution in [0.15, 0.2) is 18.5 Å². The minimum absolute atomic E-state index is 0.0588. The van der Waals surface area contributed by atoms with E-state index >= 15 is 0 Å². The Hall–Kier alpha value is -2.11. The van der Waals surface area contributed by atoms with Gasteiger partial charge in [-0.05, 0) is 26.3 Å². The SMILES string of the molecule is CCC(C)NC(=O)CCNc1nccn2nc(C)cc12. The topological polar surface area (TPSA) is 71.3 Å². The molecule has 0 aromatic carbocycles. The summed E-state index contributed by atoms with van der Waals surface area (Å²) in [7, 11) is 0. The second kappa shape index (κ2) is 6.36. The van der Waals surface area contributed by atoms with Crippen LogP contribution in [-0.4, -0.2) is 33.1 Å². The molecule has 108 valence electrons. The third kappa shape index (κ3) is 3.46. The van der Waals surface area contributed by atoms with Crippen molar-refractivity contribution in [3.8, 4) is 0 Å². The van der Waals surface area contributed by atoms with Gasteiger partial charge in [-0.1, -0.05) is 6.92 Å². The first-order valence-corrected chi connectivity index (χ1v) is 6.94. The smallest absolute Gasteiger partial charge is 0.221 e. The molecule has 0 radical (unpaired) electrons. The molecule has 0 spiro atoms. The number of anilines is 1. The third-order valence-electron chi connectivity index (χ3n) is 3.18. The molecule has 1 amide bonds. The van der Waals surface area contributed by atoms with E-state index in [4.69, 9.17) is 0 Å². The fourth-order valence-corrected chi connectivity index (χ4v) is 1.92. The first-order chi connectivity index (χ1) is 9.60. The molecule has 2 aromatic heterocycles. The lowest BCUT2D eigenvalue weighted by Crippen LogP contribution is -2.33. The van der Waals surface area contributed by atoms with E-state index in [1.807, 2.05) is 26.1 Å². The predicted molar refractivity (Wildman–Crippen MR) is 78.7 cm³/mol. The van der Waals surface area contributed by atoms with Gasteiger partial charge >= 0.3 is 0 Å². The normalized spacial score (nSPS) is 12.3. The molecule has 0 aliphatic carbocycles. The van der Waals surface area contributed by atoms with Crippen molar-refractivity contribution in [3.05, 3.63) is 24.2 Å². The molecule has 2 aromatic rings. The average molecular weight is 275 g/mol. The van der Waals surface area contributed by atoms with E-state index in [0.717, 1.165) is 23.4 Å². The van der Waals surface area contributed by atoms with Crippen LogP contribution in [0.2, 0.25) is 0 Å². The number of rotatable bonds is 6. The fraction of sp³-hybridized carbons (Fsp3) is 0.500. The van der Waals surface area contributed by atoms with E-state index in [2.05, 4.69) is 27.6 Å². The van der Waals surface area contributed by atoms with E-state index in [1.54, 1.807) is 10.7 Å². The standard InChI is InChI=1S/C14H21N5O/c1-4-10(2)17-13(20)5-6-15-14-12-9-11(3)18-19(12)8-7-16-14/h7-10H,4-6H2,1-3H3,(H,15,16)(H,17,20). The summed E-state index contributed by atoms with van der Waals surface area (Å²) in [6.45, 7) is 6.55. The van der Waals surface area contributed by atoms with Crippen LogP contribution >= 0.6 is 0 Å². The molecule has 6 heteroatoms. The van der Waals surface area contributed by atoms with Crippen LogP contribution in [0, 0.1) is 6.92 Å². The highest BCUT2D eigenvalue weighted by molar-refractivity contribution is 5.77. The van der Waals surface area contributed by atoms with Gasteiger partial charge in [-0.15, -0.1) is 0 Å². The van der Waals surface area contributed by atoms with Crippen LogP contribution < -0.4 is 10.6 Å². The lowest BCUT2D eigenvalue weighted by atomic mass is 10.2. The second-order valence-corrected chi connectivity index (χ2v) is 4.94. The van der Waals surface area contributed by atoms with Crippen LogP contribution in [0.3, 0.4) is 0 Å². The molecule has 6 nitrogen and oxygen atoms in total. The maximum atomic E-state index is 11.7. The number of carbonyl (C=O) groups excluding carboxylic acids is 1. The zero-order valence-electron chi connectivity index (χ0n) is 12.2. The van der Waals surface area contributed by atoms with Crippen molar-refractivity contribution in [2.24, 2.45) is 0 Å². The summed E-state index contributed by atoms with van der Waals surface area (Å²) in [6.07, 6.45) is 4.87. The van der Waals surface area contributed by atoms with Gasteiger partial charge in [0, 0.05) is 31.4 Å². The highest BCUT2D eigenvalue weighted by Crippen LogP contribution is 2.14. The molecule has 2 rings (SSSR count). The Morgan fingerprint density at radius 2 is 2.30 bits per heavy atom. The minimum atomic E-state index is 0.0588. The van der Waals surface area contributed by atoms with Crippen LogP contribution in [0.1, 0.15) is 32.4 Å². The Labute approximate surface area is 118 Å². The first-order valence-electron chi connectivity index (χ1n) is 6.94. The average Bonchev–Trinajstić information content (AvgIpc) is 2.79. The van der Waals surface area contributed by atoms with Crippen LogP contribution in [0.5, 0.6) is 0 Å². The van der Waals surface area contributed by atoms with Crippen molar-refractivity contribution >= 4 is 17.2 Å². The summed E-state index contributed by atoms with van der Waals surface area (Å²) in [5.74, 6) is 0.813. The Bertz CT molecular complexity index is 592. The van der Waals surface area contributed by atoms with E-state index in [0.29, 0.717) is 13.0 Å². The summed E-state index contributed by atoms with van der Waals surface area (Å²) in [4.78, 5) is 16.0. The maximum absolute atomic E-state index is 11.7. The molecule has 0 saturated heterocycles. The molecular formula is C14H21N5O. The number of hydrogen-bond acceptors (Lipinski definition) is 4. The van der Waals surface area contributed by atoms with E-state index in [9.17, 15) is 4.79 Å². The molecule has 2 heterocycles. The summed E-state index contributed by atoms with van der Waals surface area (Å²) in [5, 5.41) is 10.5. The molecule has 20 heavy (non-hydrogen) atoms. The van der Waals surface area contributed by atoms with Gasteiger partial charge in [-0.25, -0.2) is 9.50 Å². The van der Waals surface area contributed by atoms with E-state index < -0.39 is 0 Å². The molecule has 2 N–H and O–H groups in total. The van der Waals surface area contributed by atoms with Gasteiger partial charge in [0.25, 0.3) is 0 Å². The fourth-order valence-electron chi connectivity index (χ4n) is 1.92. The lowest BCUT2D eigenvalue weighted by Gasteiger charge is -2.11. The first kappa shape index (κ1) is 14.3. The summed E-state index contributed by atoms with van der Waals surface area (Å²) in [5.41, 5.74) is 1.86. The van der Waals surface area contributed by atoms with Gasteiger partial charge in [0.05, 0.1) is 5.69 Å². The Kier molecular flexibility index (Phi) is 4.55. The predicted octanol–water partition coefficient (Wildman–Crippen LogP) is 1.75. The zero-order valence-corrected chi connectivity index (χ0v) is 12.2. The zero-order chi connectivity index (χ0) is 14.5. The van der Waals surface area contributed by atoms with Crippen molar-refractivity contribution in [2.45, 2.75) is 39.7 Å². The molecular weight excluding hydrogens is 254 g/mol. The van der Waals surface area contributed by atoms with Gasteiger partial charge in [0.1, 0.15) is 5.52 Å². The number of nitrogens with one attached hydrogen (secondary N) is 2. The van der Waals surface area contributed by atoms with E-state index in [-0.39, 0.29) is 11.9 Å². The number of nitrogens with zero attached hydrogens (tertiary/aromatic N) is 3. The van der Waals surface area contributed by atoms with Crippen molar-refractivity contribution in [1.29, 1.82) is 0 Å². The summed E-state index contributed by atoms with van der Waals surface area (Å²) >= 11 is 0. The number of amides is 1. The quantitative estimate of drug-likeness (QED) is 0.842. The summed E-state index contributed by atoms with van der Waals surface area (Å²) in [6, 6.07) is 2.19. The summed E-state index contributed by atoms with van der Waals surface area (Å²) < 4.78 is 1.78. The number of fused-ring (bicyclic) bond motifs is 1. The second-order valence-electron chi connectivity index (χ2n) is 4.94. The van der Waals surface area contributed by atoms with Crippen LogP contribution in [0.25, 0.3) is 5.52 Å². The Morgan fingerprint density at radius 1 is 1.50 bits per heavy atom. The third-order valence-corrected chi connectivity index (χ3v) is 3.18. The van der Waals surface area contributed by atoms with Gasteiger partial charge in [0.2, 0.25) is 5.91 Å². The number of hydrogen-bond donors (Lipinski definition) is 2. The maximum Gasteiger partial charge on any atom is 0.221 e. The Morgan fingerprint density at radius 3 is 3.05 bits per heavy atom. The molecule has 0 bridgehead atoms. The highest BCUT2D eigenvalue weighted by atomic mass is 16.1. The van der Waals surface area contributed by atoms with Gasteiger partial charge in [0.15, 0.2) is 5.82 Å². The largest absolute Gasteiger partial charge is 0.368 e. The number of carbonyl (C=O) groups is 1. The van der Waals surface area contributed by atoms with Crippen molar-refractivity contribution in [3.63, 3.8) is 0 Å². The molecule has 0 aliphatic rings. The van der Waals surface area contributed by atoms with Crippen molar-refractivity contribution < 1.29 is 4.79 Å². The molecule has 0 aliphatic heterocycles. The van der Waals surface area contributed by atoms with Gasteiger partial charge in [-0.3, -0.25) is 4.79 Å². The van der Waals surface area contributed by atoms with Crippen molar-refractivity contribution in [1.82, 2.24) is 19.9 Å².